The number of carbonyl (C=O) groups is 1. The van der Waals surface area contributed by atoms with E-state index in [2.05, 4.69) is 30.5 Å². The van der Waals surface area contributed by atoms with Gasteiger partial charge >= 0.3 is 0 Å². The molecule has 1 aromatic carbocycles. The summed E-state index contributed by atoms with van der Waals surface area (Å²) in [6.07, 6.45) is 1.98. The first-order chi connectivity index (χ1) is 12.3. The van der Waals surface area contributed by atoms with Crippen LogP contribution in [0, 0.1) is 0 Å². The molecular formula is C17H14N6OS. The molecule has 0 bridgehead atoms. The van der Waals surface area contributed by atoms with Crippen LogP contribution in [0.1, 0.15) is 6.42 Å². The fourth-order valence-corrected chi connectivity index (χ4v) is 3.17. The van der Waals surface area contributed by atoms with Gasteiger partial charge in [0.1, 0.15) is 11.3 Å². The zero-order valence-corrected chi connectivity index (χ0v) is 14.0. The van der Waals surface area contributed by atoms with Gasteiger partial charge in [0.25, 0.3) is 0 Å². The molecule has 4 rings (SSSR count). The number of pyridine rings is 1. The topological polar surface area (TPSA) is 96.5 Å². The number of anilines is 1. The number of benzene rings is 1. The number of hydrogen-bond donors (Lipinski definition) is 2. The molecule has 0 unspecified atom stereocenters. The maximum absolute atomic E-state index is 11.9. The number of para-hydroxylation sites is 1. The number of aromatic nitrogens is 5. The second-order valence-corrected chi connectivity index (χ2v) is 6.39. The lowest BCUT2D eigenvalue weighted by atomic mass is 10.2. The molecule has 3 heterocycles. The van der Waals surface area contributed by atoms with Crippen molar-refractivity contribution in [2.24, 2.45) is 0 Å². The Morgan fingerprint density at radius 1 is 1.12 bits per heavy atom. The monoisotopic (exact) mass is 350 g/mol. The molecule has 0 atom stereocenters. The van der Waals surface area contributed by atoms with Gasteiger partial charge in [-0.3, -0.25) is 4.79 Å². The maximum atomic E-state index is 11.9. The highest BCUT2D eigenvalue weighted by Crippen LogP contribution is 2.23. The van der Waals surface area contributed by atoms with Crippen LogP contribution in [0.5, 0.6) is 0 Å². The molecule has 0 spiro atoms. The van der Waals surface area contributed by atoms with Crippen molar-refractivity contribution in [1.29, 1.82) is 0 Å². The normalized spacial score (nSPS) is 11.0. The molecule has 0 fully saturated rings. The Morgan fingerprint density at radius 2 is 2.00 bits per heavy atom. The number of nitrogens with one attached hydrogen (secondary N) is 2. The highest BCUT2D eigenvalue weighted by Gasteiger charge is 2.10. The Bertz CT molecular complexity index is 1030. The van der Waals surface area contributed by atoms with Gasteiger partial charge in [0.15, 0.2) is 5.65 Å². The molecule has 4 aromatic rings. The van der Waals surface area contributed by atoms with Crippen molar-refractivity contribution < 1.29 is 4.79 Å². The van der Waals surface area contributed by atoms with Crippen molar-refractivity contribution in [3.8, 4) is 0 Å². The first kappa shape index (κ1) is 15.5. The van der Waals surface area contributed by atoms with Crippen LogP contribution in [0.3, 0.4) is 0 Å². The summed E-state index contributed by atoms with van der Waals surface area (Å²) >= 11 is 1.40. The van der Waals surface area contributed by atoms with Crippen LogP contribution in [0.4, 0.5) is 5.82 Å². The predicted octanol–water partition coefficient (Wildman–Crippen LogP) is 3.02. The number of hydrogen-bond acceptors (Lipinski definition) is 6. The maximum Gasteiger partial charge on any atom is 0.226 e. The van der Waals surface area contributed by atoms with Crippen molar-refractivity contribution in [2.45, 2.75) is 11.6 Å². The van der Waals surface area contributed by atoms with Crippen LogP contribution in [0.2, 0.25) is 0 Å². The van der Waals surface area contributed by atoms with E-state index in [0.29, 0.717) is 28.8 Å². The zero-order valence-electron chi connectivity index (χ0n) is 13.1. The molecule has 8 heteroatoms. The zero-order chi connectivity index (χ0) is 17.1. The molecule has 0 aliphatic heterocycles. The van der Waals surface area contributed by atoms with Gasteiger partial charge in [0.05, 0.1) is 0 Å². The third-order valence-electron chi connectivity index (χ3n) is 3.60. The van der Waals surface area contributed by atoms with Crippen molar-refractivity contribution in [3.63, 3.8) is 0 Å². The number of fused-ring (bicyclic) bond motifs is 3. The average molecular weight is 350 g/mol. The molecule has 0 radical (unpaired) electrons. The Balaban J connectivity index is 1.39. The number of carbonyl (C=O) groups excluding carboxylic acids is 1. The van der Waals surface area contributed by atoms with Crippen molar-refractivity contribution in [1.82, 2.24) is 25.1 Å². The summed E-state index contributed by atoms with van der Waals surface area (Å²) in [6.45, 7) is 0. The first-order valence-electron chi connectivity index (χ1n) is 7.74. The van der Waals surface area contributed by atoms with Gasteiger partial charge in [-0.15, -0.1) is 10.2 Å². The predicted molar refractivity (Wildman–Crippen MR) is 97.4 cm³/mol. The van der Waals surface area contributed by atoms with Crippen molar-refractivity contribution in [2.75, 3.05) is 11.1 Å². The number of rotatable bonds is 5. The van der Waals surface area contributed by atoms with E-state index in [4.69, 9.17) is 0 Å². The van der Waals surface area contributed by atoms with E-state index < -0.39 is 0 Å². The van der Waals surface area contributed by atoms with E-state index >= 15 is 0 Å². The van der Waals surface area contributed by atoms with Crippen molar-refractivity contribution in [3.05, 3.63) is 48.7 Å². The Kier molecular flexibility index (Phi) is 4.26. The Morgan fingerprint density at radius 3 is 2.88 bits per heavy atom. The van der Waals surface area contributed by atoms with Gasteiger partial charge < -0.3 is 10.3 Å². The third-order valence-corrected chi connectivity index (χ3v) is 4.43. The van der Waals surface area contributed by atoms with E-state index in [9.17, 15) is 4.79 Å². The highest BCUT2D eigenvalue weighted by molar-refractivity contribution is 7.99. The van der Waals surface area contributed by atoms with Crippen LogP contribution in [0.15, 0.2) is 53.8 Å². The Labute approximate surface area is 147 Å². The molecule has 124 valence electrons. The summed E-state index contributed by atoms with van der Waals surface area (Å²) in [6, 6.07) is 13.3. The fourth-order valence-electron chi connectivity index (χ4n) is 2.44. The van der Waals surface area contributed by atoms with Gasteiger partial charge in [0.2, 0.25) is 11.1 Å². The summed E-state index contributed by atoms with van der Waals surface area (Å²) in [5.74, 6) is 1.02. The van der Waals surface area contributed by atoms with Gasteiger partial charge in [0, 0.05) is 29.3 Å². The van der Waals surface area contributed by atoms with Crippen LogP contribution in [0.25, 0.3) is 22.1 Å². The smallest absolute Gasteiger partial charge is 0.226 e. The Hall–Kier alpha value is -3.00. The summed E-state index contributed by atoms with van der Waals surface area (Å²) in [4.78, 5) is 23.7. The van der Waals surface area contributed by atoms with E-state index in [1.807, 2.05) is 30.3 Å². The summed E-state index contributed by atoms with van der Waals surface area (Å²) < 4.78 is 0. The third kappa shape index (κ3) is 3.43. The standard InChI is InChI=1S/C17H14N6OS/c24-14(20-13-7-3-4-9-18-13)8-10-25-17-21-16-15(22-23-17)11-5-1-2-6-12(11)19-16/h1-7,9H,8,10H2,(H,18,20,24)(H,19,21,23). The molecule has 0 saturated heterocycles. The fraction of sp³-hybridized carbons (Fsp3) is 0.118. The number of thioether (sulfide) groups is 1. The van der Waals surface area contributed by atoms with Gasteiger partial charge in [-0.2, -0.15) is 0 Å². The van der Waals surface area contributed by atoms with Crippen LogP contribution < -0.4 is 5.32 Å². The number of aromatic amines is 1. The van der Waals surface area contributed by atoms with Gasteiger partial charge in [-0.1, -0.05) is 36.0 Å². The lowest BCUT2D eigenvalue weighted by Crippen LogP contribution is -2.13. The molecule has 0 aliphatic carbocycles. The summed E-state index contributed by atoms with van der Waals surface area (Å²) in [5, 5.41) is 12.7. The molecule has 1 amide bonds. The largest absolute Gasteiger partial charge is 0.338 e. The lowest BCUT2D eigenvalue weighted by molar-refractivity contribution is -0.115. The minimum Gasteiger partial charge on any atom is -0.338 e. The van der Waals surface area contributed by atoms with Crippen molar-refractivity contribution >= 4 is 45.6 Å². The van der Waals surface area contributed by atoms with E-state index in [1.54, 1.807) is 18.3 Å². The highest BCUT2D eigenvalue weighted by atomic mass is 32.2. The molecule has 3 aromatic heterocycles. The lowest BCUT2D eigenvalue weighted by Gasteiger charge is -2.03. The molecule has 25 heavy (non-hydrogen) atoms. The minimum atomic E-state index is -0.0918. The second kappa shape index (κ2) is 6.86. The molecular weight excluding hydrogens is 336 g/mol. The van der Waals surface area contributed by atoms with Gasteiger partial charge in [-0.05, 0) is 18.2 Å². The van der Waals surface area contributed by atoms with Crippen LogP contribution >= 0.6 is 11.8 Å². The molecule has 7 nitrogen and oxygen atoms in total. The van der Waals surface area contributed by atoms with Crippen LogP contribution in [-0.4, -0.2) is 36.8 Å². The van der Waals surface area contributed by atoms with Crippen LogP contribution in [-0.2, 0) is 4.79 Å². The first-order valence-corrected chi connectivity index (χ1v) is 8.73. The number of nitrogens with zero attached hydrogens (tertiary/aromatic N) is 4. The number of amides is 1. The summed E-state index contributed by atoms with van der Waals surface area (Å²) in [7, 11) is 0. The van der Waals surface area contributed by atoms with Gasteiger partial charge in [-0.25, -0.2) is 9.97 Å². The average Bonchev–Trinajstić information content (AvgIpc) is 3.00. The molecule has 0 aliphatic rings. The second-order valence-electron chi connectivity index (χ2n) is 5.32. The van der Waals surface area contributed by atoms with E-state index in [0.717, 1.165) is 16.4 Å². The minimum absolute atomic E-state index is 0.0918. The van der Waals surface area contributed by atoms with E-state index in [1.165, 1.54) is 11.8 Å². The number of H-pyrrole nitrogens is 1. The van der Waals surface area contributed by atoms with E-state index in [-0.39, 0.29) is 5.91 Å². The SMILES string of the molecule is O=C(CCSc1nnc2c(n1)[nH]c1ccccc12)Nc1ccccn1. The molecule has 2 N–H and O–H groups in total. The summed E-state index contributed by atoms with van der Waals surface area (Å²) in [5.41, 5.74) is 2.45. The molecule has 0 saturated carbocycles. The quantitative estimate of drug-likeness (QED) is 0.537.